The fourth-order valence-electron chi connectivity index (χ4n) is 2.09. The number of primary amides is 1. The zero-order valence-electron chi connectivity index (χ0n) is 10.6. The molecule has 2 rings (SSSR count). The Balaban J connectivity index is 2.79. The molecule has 0 spiro atoms. The largest absolute Gasteiger partial charge is 0.368 e. The number of alkyl halides is 1. The average molecular weight is 266 g/mol. The summed E-state index contributed by atoms with van der Waals surface area (Å²) in [6.07, 6.45) is 0. The van der Waals surface area contributed by atoms with Gasteiger partial charge in [0, 0.05) is 0 Å². The second-order valence-electron chi connectivity index (χ2n) is 4.48. The fraction of sp³-hybridized carbons (Fsp3) is 0.385. The summed E-state index contributed by atoms with van der Waals surface area (Å²) in [5, 5.41) is -0.279. The van der Waals surface area contributed by atoms with E-state index >= 15 is 0 Å². The molecule has 0 bridgehead atoms. The molecule has 0 aliphatic rings. The van der Waals surface area contributed by atoms with E-state index < -0.39 is 11.9 Å². The summed E-state index contributed by atoms with van der Waals surface area (Å²) in [6.45, 7) is 5.58. The normalized spacial score (nSPS) is 14.7. The number of carbonyl (C=O) groups is 1. The van der Waals surface area contributed by atoms with E-state index in [0.29, 0.717) is 5.82 Å². The number of aromatic nitrogens is 2. The van der Waals surface area contributed by atoms with Crippen molar-refractivity contribution in [2.45, 2.75) is 32.2 Å². The lowest BCUT2D eigenvalue weighted by molar-refractivity contribution is -0.120. The molecule has 0 aliphatic carbocycles. The van der Waals surface area contributed by atoms with Gasteiger partial charge in [0.25, 0.3) is 0 Å². The highest BCUT2D eigenvalue weighted by Crippen LogP contribution is 2.29. The lowest BCUT2D eigenvalue weighted by Gasteiger charge is -2.15. The molecule has 0 aliphatic heterocycles. The first-order valence-corrected chi connectivity index (χ1v) is 6.28. The maximum absolute atomic E-state index is 11.4. The number of nitrogens with two attached hydrogens (primary N) is 1. The molecule has 1 aromatic carbocycles. The van der Waals surface area contributed by atoms with Crippen molar-refractivity contribution < 1.29 is 4.79 Å². The van der Waals surface area contributed by atoms with Crippen LogP contribution in [-0.2, 0) is 4.79 Å². The first-order valence-electron chi connectivity index (χ1n) is 5.84. The summed E-state index contributed by atoms with van der Waals surface area (Å²) in [7, 11) is 0. The predicted octanol–water partition coefficient (Wildman–Crippen LogP) is 2.69. The van der Waals surface area contributed by atoms with Crippen LogP contribution in [-0.4, -0.2) is 15.5 Å². The van der Waals surface area contributed by atoms with Gasteiger partial charge in [0.15, 0.2) is 0 Å². The molecule has 1 amide bonds. The Bertz CT molecular complexity index is 604. The number of nitrogens with zero attached hydrogens (tertiary/aromatic N) is 2. The summed E-state index contributed by atoms with van der Waals surface area (Å²) in [4.78, 5) is 16.0. The Morgan fingerprint density at radius 1 is 1.44 bits per heavy atom. The number of carbonyl (C=O) groups excluding carboxylic acids is 1. The predicted molar refractivity (Wildman–Crippen MR) is 72.6 cm³/mol. The molecular formula is C13H16ClN3O. The number of rotatable bonds is 3. The number of aryl methyl sites for hydroxylation is 1. The van der Waals surface area contributed by atoms with Crippen LogP contribution in [0.2, 0.25) is 0 Å². The van der Waals surface area contributed by atoms with Gasteiger partial charge in [-0.25, -0.2) is 4.98 Å². The van der Waals surface area contributed by atoms with Gasteiger partial charge in [-0.1, -0.05) is 12.1 Å². The summed E-state index contributed by atoms with van der Waals surface area (Å²) in [6, 6.07) is 5.38. The number of imidazole rings is 1. The van der Waals surface area contributed by atoms with E-state index in [9.17, 15) is 4.79 Å². The summed E-state index contributed by atoms with van der Waals surface area (Å²) < 4.78 is 1.82. The quantitative estimate of drug-likeness (QED) is 0.868. The van der Waals surface area contributed by atoms with Gasteiger partial charge in [-0.2, -0.15) is 0 Å². The monoisotopic (exact) mass is 265 g/mol. The molecule has 18 heavy (non-hydrogen) atoms. The third-order valence-electron chi connectivity index (χ3n) is 3.10. The zero-order valence-corrected chi connectivity index (χ0v) is 11.4. The minimum atomic E-state index is -0.465. The van der Waals surface area contributed by atoms with Gasteiger partial charge in [0.2, 0.25) is 5.91 Å². The molecule has 2 atom stereocenters. The molecule has 96 valence electrons. The number of benzene rings is 1. The first kappa shape index (κ1) is 12.9. The van der Waals surface area contributed by atoms with E-state index in [1.54, 1.807) is 6.92 Å². The van der Waals surface area contributed by atoms with Gasteiger partial charge in [0.05, 0.1) is 16.4 Å². The van der Waals surface area contributed by atoms with E-state index in [-0.39, 0.29) is 5.38 Å². The van der Waals surface area contributed by atoms with Gasteiger partial charge in [-0.3, -0.25) is 4.79 Å². The minimum Gasteiger partial charge on any atom is -0.368 e. The van der Waals surface area contributed by atoms with Crippen LogP contribution in [0, 0.1) is 6.92 Å². The van der Waals surface area contributed by atoms with Crippen molar-refractivity contribution in [1.29, 1.82) is 0 Å². The Morgan fingerprint density at radius 3 is 2.67 bits per heavy atom. The van der Waals surface area contributed by atoms with E-state index in [0.717, 1.165) is 16.6 Å². The number of amides is 1. The fourth-order valence-corrected chi connectivity index (χ4v) is 2.24. The van der Waals surface area contributed by atoms with Crippen LogP contribution in [0.25, 0.3) is 11.0 Å². The molecule has 1 heterocycles. The highest BCUT2D eigenvalue weighted by molar-refractivity contribution is 6.20. The standard InChI is InChI=1S/C13H16ClN3O/c1-7-5-4-6-10-11(7)16-13(8(2)14)17(10)9(3)12(15)18/h4-6,8-9H,1-3H3,(H2,15,18). The third kappa shape index (κ3) is 1.97. The van der Waals surface area contributed by atoms with E-state index in [4.69, 9.17) is 17.3 Å². The maximum Gasteiger partial charge on any atom is 0.240 e. The second-order valence-corrected chi connectivity index (χ2v) is 5.13. The molecule has 1 aromatic heterocycles. The molecule has 5 heteroatoms. The zero-order chi connectivity index (χ0) is 13.4. The van der Waals surface area contributed by atoms with Crippen molar-refractivity contribution in [2.75, 3.05) is 0 Å². The molecule has 2 aromatic rings. The summed E-state index contributed by atoms with van der Waals surface area (Å²) in [5.74, 6) is 0.279. The van der Waals surface area contributed by atoms with Crippen molar-refractivity contribution in [3.63, 3.8) is 0 Å². The van der Waals surface area contributed by atoms with Gasteiger partial charge in [-0.05, 0) is 32.4 Å². The third-order valence-corrected chi connectivity index (χ3v) is 3.30. The van der Waals surface area contributed by atoms with Crippen LogP contribution in [0.3, 0.4) is 0 Å². The SMILES string of the molecule is Cc1cccc2c1nc(C(C)Cl)n2C(C)C(N)=O. The van der Waals surface area contributed by atoms with Gasteiger partial charge >= 0.3 is 0 Å². The number of halogens is 1. The van der Waals surface area contributed by atoms with Crippen molar-refractivity contribution in [1.82, 2.24) is 9.55 Å². The van der Waals surface area contributed by atoms with E-state index in [1.807, 2.05) is 36.6 Å². The molecule has 0 radical (unpaired) electrons. The van der Waals surface area contributed by atoms with Crippen LogP contribution in [0.15, 0.2) is 18.2 Å². The highest BCUT2D eigenvalue weighted by atomic mass is 35.5. The van der Waals surface area contributed by atoms with Gasteiger partial charge in [0.1, 0.15) is 11.9 Å². The number of para-hydroxylation sites is 1. The lowest BCUT2D eigenvalue weighted by Crippen LogP contribution is -2.25. The average Bonchev–Trinajstić information content (AvgIpc) is 2.68. The van der Waals surface area contributed by atoms with Crippen molar-refractivity contribution in [2.24, 2.45) is 5.73 Å². The number of hydrogen-bond acceptors (Lipinski definition) is 2. The molecule has 0 saturated heterocycles. The van der Waals surface area contributed by atoms with Crippen molar-refractivity contribution in [3.05, 3.63) is 29.6 Å². The Hall–Kier alpha value is -1.55. The number of fused-ring (bicyclic) bond motifs is 1. The topological polar surface area (TPSA) is 60.9 Å². The smallest absolute Gasteiger partial charge is 0.240 e. The maximum atomic E-state index is 11.4. The lowest BCUT2D eigenvalue weighted by atomic mass is 10.2. The Labute approximate surface area is 111 Å². The van der Waals surface area contributed by atoms with E-state index in [2.05, 4.69) is 4.98 Å². The van der Waals surface area contributed by atoms with Crippen LogP contribution in [0.1, 0.15) is 36.7 Å². The van der Waals surface area contributed by atoms with Gasteiger partial charge in [-0.15, -0.1) is 11.6 Å². The van der Waals surface area contributed by atoms with E-state index in [1.165, 1.54) is 0 Å². The Kier molecular flexibility index (Phi) is 3.30. The highest BCUT2D eigenvalue weighted by Gasteiger charge is 2.22. The molecule has 0 fully saturated rings. The molecule has 0 saturated carbocycles. The van der Waals surface area contributed by atoms with Crippen molar-refractivity contribution >= 4 is 28.5 Å². The van der Waals surface area contributed by atoms with Crippen molar-refractivity contribution in [3.8, 4) is 0 Å². The van der Waals surface area contributed by atoms with Gasteiger partial charge < -0.3 is 10.3 Å². The van der Waals surface area contributed by atoms with Crippen LogP contribution in [0.4, 0.5) is 0 Å². The first-order chi connectivity index (χ1) is 8.43. The Morgan fingerprint density at radius 2 is 2.11 bits per heavy atom. The number of hydrogen-bond donors (Lipinski definition) is 1. The van der Waals surface area contributed by atoms with Crippen LogP contribution >= 0.6 is 11.6 Å². The van der Waals surface area contributed by atoms with Crippen LogP contribution < -0.4 is 5.73 Å². The molecule has 2 unspecified atom stereocenters. The molecular weight excluding hydrogens is 250 g/mol. The minimum absolute atomic E-state index is 0.279. The van der Waals surface area contributed by atoms with Crippen LogP contribution in [0.5, 0.6) is 0 Å². The molecule has 2 N–H and O–H groups in total. The summed E-state index contributed by atoms with van der Waals surface area (Å²) >= 11 is 6.15. The second kappa shape index (κ2) is 4.61. The molecule has 4 nitrogen and oxygen atoms in total. The summed E-state index contributed by atoms with van der Waals surface area (Å²) in [5.41, 5.74) is 8.21.